The Hall–Kier alpha value is -1.05. The molecule has 2 saturated carbocycles. The van der Waals surface area contributed by atoms with Crippen LogP contribution in [0.15, 0.2) is 23.8 Å². The Morgan fingerprint density at radius 1 is 1.17 bits per heavy atom. The lowest BCUT2D eigenvalue weighted by Crippen LogP contribution is -2.48. The van der Waals surface area contributed by atoms with Gasteiger partial charge in [0, 0.05) is 6.92 Å². The van der Waals surface area contributed by atoms with Gasteiger partial charge in [0.2, 0.25) is 0 Å². The second kappa shape index (κ2) is 6.11. The summed E-state index contributed by atoms with van der Waals surface area (Å²) in [7, 11) is 0. The summed E-state index contributed by atoms with van der Waals surface area (Å²) in [6.45, 7) is 6.22. The third-order valence-corrected chi connectivity index (χ3v) is 7.34. The van der Waals surface area contributed by atoms with Gasteiger partial charge < -0.3 is 5.11 Å². The Kier molecular flexibility index (Phi) is 4.46. The van der Waals surface area contributed by atoms with Gasteiger partial charge >= 0.3 is 0 Å². The first-order chi connectivity index (χ1) is 10.9. The summed E-state index contributed by atoms with van der Waals surface area (Å²) >= 11 is 0. The number of fused-ring (bicyclic) bond motifs is 5. The molecule has 2 fully saturated rings. The van der Waals surface area contributed by atoms with Crippen molar-refractivity contribution >= 4 is 5.97 Å². The van der Waals surface area contributed by atoms with E-state index in [1.807, 2.05) is 5.57 Å². The predicted octanol–water partition coefficient (Wildman–Crippen LogP) is 5.60. The highest BCUT2D eigenvalue weighted by Gasteiger charge is 2.53. The van der Waals surface area contributed by atoms with Crippen LogP contribution in [0.2, 0.25) is 0 Å². The van der Waals surface area contributed by atoms with E-state index in [2.05, 4.69) is 32.1 Å². The Bertz CT molecular complexity index is 528. The molecule has 2 heteroatoms. The van der Waals surface area contributed by atoms with Gasteiger partial charge in [-0.15, -0.1) is 0 Å². The Labute approximate surface area is 141 Å². The number of hydrogen-bond donors (Lipinski definition) is 1. The first kappa shape index (κ1) is 16.8. The van der Waals surface area contributed by atoms with Gasteiger partial charge in [-0.3, -0.25) is 4.79 Å². The summed E-state index contributed by atoms with van der Waals surface area (Å²) in [4.78, 5) is 9.00. The molecule has 0 bridgehead atoms. The van der Waals surface area contributed by atoms with Crippen LogP contribution in [0.4, 0.5) is 0 Å². The summed E-state index contributed by atoms with van der Waals surface area (Å²) in [5.74, 6) is 2.08. The first-order valence-electron chi connectivity index (χ1n) is 9.43. The summed E-state index contributed by atoms with van der Waals surface area (Å²) in [5, 5.41) is 7.42. The molecule has 1 N–H and O–H groups in total. The number of carboxylic acid groups (broad SMARTS) is 1. The fourth-order valence-electron chi connectivity index (χ4n) is 6.18. The van der Waals surface area contributed by atoms with Crippen LogP contribution < -0.4 is 0 Å². The summed E-state index contributed by atoms with van der Waals surface area (Å²) < 4.78 is 0. The van der Waals surface area contributed by atoms with E-state index in [4.69, 9.17) is 9.90 Å². The largest absolute Gasteiger partial charge is 0.481 e. The molecule has 4 rings (SSSR count). The molecule has 0 unspecified atom stereocenters. The van der Waals surface area contributed by atoms with Crippen LogP contribution in [-0.2, 0) is 4.79 Å². The van der Waals surface area contributed by atoms with Gasteiger partial charge in [-0.2, -0.15) is 0 Å². The zero-order chi connectivity index (χ0) is 16.7. The second-order valence-corrected chi connectivity index (χ2v) is 8.67. The molecule has 0 aliphatic heterocycles. The lowest BCUT2D eigenvalue weighted by atomic mass is 9.48. The number of rotatable bonds is 0. The quantitative estimate of drug-likeness (QED) is 0.591. The van der Waals surface area contributed by atoms with Crippen molar-refractivity contribution in [2.24, 2.45) is 28.6 Å². The second-order valence-electron chi connectivity index (χ2n) is 8.67. The summed E-state index contributed by atoms with van der Waals surface area (Å²) in [5.41, 5.74) is 2.96. The molecule has 0 radical (unpaired) electrons. The van der Waals surface area contributed by atoms with Crippen LogP contribution in [0.5, 0.6) is 0 Å². The van der Waals surface area contributed by atoms with Gasteiger partial charge in [-0.1, -0.05) is 44.1 Å². The zero-order valence-corrected chi connectivity index (χ0v) is 15.0. The van der Waals surface area contributed by atoms with Crippen molar-refractivity contribution in [1.29, 1.82) is 0 Å². The number of hydrogen-bond acceptors (Lipinski definition) is 1. The fourth-order valence-corrected chi connectivity index (χ4v) is 6.18. The van der Waals surface area contributed by atoms with Gasteiger partial charge in [-0.25, -0.2) is 0 Å². The molecule has 4 aliphatic carbocycles. The van der Waals surface area contributed by atoms with Crippen molar-refractivity contribution in [3.8, 4) is 0 Å². The van der Waals surface area contributed by atoms with Crippen molar-refractivity contribution in [1.82, 2.24) is 0 Å². The molecule has 0 aromatic carbocycles. The molecule has 5 atom stereocenters. The van der Waals surface area contributed by atoms with Crippen molar-refractivity contribution in [3.05, 3.63) is 23.8 Å². The SMILES string of the molecule is CC(=O)O.C[C@@]12C=CC[C@H]1[C@@H]1CC=C3CCCC[C@]3(C)[C@H]1CC2. The minimum Gasteiger partial charge on any atom is -0.481 e. The van der Waals surface area contributed by atoms with Crippen molar-refractivity contribution in [3.63, 3.8) is 0 Å². The van der Waals surface area contributed by atoms with Gasteiger partial charge in [0.25, 0.3) is 5.97 Å². The molecule has 0 aromatic rings. The van der Waals surface area contributed by atoms with E-state index >= 15 is 0 Å². The maximum atomic E-state index is 9.00. The van der Waals surface area contributed by atoms with E-state index in [-0.39, 0.29) is 0 Å². The molecule has 4 aliphatic rings. The topological polar surface area (TPSA) is 37.3 Å². The van der Waals surface area contributed by atoms with E-state index in [9.17, 15) is 0 Å². The first-order valence-corrected chi connectivity index (χ1v) is 9.43. The molecule has 0 heterocycles. The number of allylic oxidation sites excluding steroid dienone is 4. The van der Waals surface area contributed by atoms with Crippen LogP contribution in [-0.4, -0.2) is 11.1 Å². The third kappa shape index (κ3) is 2.90. The number of aliphatic carboxylic acids is 1. The highest BCUT2D eigenvalue weighted by atomic mass is 16.4. The third-order valence-electron chi connectivity index (χ3n) is 7.34. The molecular formula is C21H32O2. The molecule has 0 spiro atoms. The maximum Gasteiger partial charge on any atom is 0.300 e. The highest BCUT2D eigenvalue weighted by Crippen LogP contribution is 2.63. The normalized spacial score (nSPS) is 44.1. The highest BCUT2D eigenvalue weighted by molar-refractivity contribution is 5.62. The summed E-state index contributed by atoms with van der Waals surface area (Å²) in [6.07, 6.45) is 19.2. The molecule has 2 nitrogen and oxygen atoms in total. The molecule has 0 saturated heterocycles. The van der Waals surface area contributed by atoms with Crippen LogP contribution in [0.25, 0.3) is 0 Å². The smallest absolute Gasteiger partial charge is 0.300 e. The average Bonchev–Trinajstić information content (AvgIpc) is 2.88. The molecule has 0 aromatic heterocycles. The lowest BCUT2D eigenvalue weighted by Gasteiger charge is -2.56. The van der Waals surface area contributed by atoms with Gasteiger partial charge in [0.05, 0.1) is 0 Å². The van der Waals surface area contributed by atoms with Gasteiger partial charge in [0.15, 0.2) is 0 Å². The fraction of sp³-hybridized carbons (Fsp3) is 0.762. The van der Waals surface area contributed by atoms with E-state index in [0.29, 0.717) is 10.8 Å². The lowest BCUT2D eigenvalue weighted by molar-refractivity contribution is -0.134. The predicted molar refractivity (Wildman–Crippen MR) is 94.2 cm³/mol. The zero-order valence-electron chi connectivity index (χ0n) is 15.0. The van der Waals surface area contributed by atoms with Crippen molar-refractivity contribution in [2.45, 2.75) is 72.1 Å². The Morgan fingerprint density at radius 3 is 2.65 bits per heavy atom. The minimum atomic E-state index is -0.833. The van der Waals surface area contributed by atoms with Crippen LogP contribution in [0, 0.1) is 28.6 Å². The molecule has 128 valence electrons. The van der Waals surface area contributed by atoms with E-state index in [1.54, 1.807) is 0 Å². The van der Waals surface area contributed by atoms with Crippen LogP contribution >= 0.6 is 0 Å². The van der Waals surface area contributed by atoms with Crippen molar-refractivity contribution in [2.75, 3.05) is 0 Å². The number of carboxylic acids is 1. The molecule has 0 amide bonds. The standard InChI is InChI=1S/C19H28.C2H4O2/c1-18-11-5-7-16(18)15-9-8-14-6-3-4-12-19(14,2)17(15)10-13-18;1-2(3)4/h5,8,11,15-17H,3-4,6-7,9-10,12-13H2,1-2H3;1H3,(H,3,4)/t15-,16-,17-,18-,19-;/m0./s1. The van der Waals surface area contributed by atoms with E-state index in [1.165, 1.54) is 51.4 Å². The Balaban J connectivity index is 0.000000354. The van der Waals surface area contributed by atoms with Gasteiger partial charge in [0.1, 0.15) is 0 Å². The number of carbonyl (C=O) groups is 1. The monoisotopic (exact) mass is 316 g/mol. The van der Waals surface area contributed by atoms with Gasteiger partial charge in [-0.05, 0) is 73.5 Å². The van der Waals surface area contributed by atoms with Crippen molar-refractivity contribution < 1.29 is 9.90 Å². The van der Waals surface area contributed by atoms with E-state index in [0.717, 1.165) is 24.7 Å². The molecule has 23 heavy (non-hydrogen) atoms. The van der Waals surface area contributed by atoms with Crippen LogP contribution in [0.1, 0.15) is 72.1 Å². The minimum absolute atomic E-state index is 0.539. The Morgan fingerprint density at radius 2 is 1.91 bits per heavy atom. The van der Waals surface area contributed by atoms with Crippen LogP contribution in [0.3, 0.4) is 0 Å². The maximum absolute atomic E-state index is 9.00. The molecular weight excluding hydrogens is 284 g/mol. The average molecular weight is 316 g/mol. The summed E-state index contributed by atoms with van der Waals surface area (Å²) in [6, 6.07) is 0. The van der Waals surface area contributed by atoms with E-state index < -0.39 is 5.97 Å².